The van der Waals surface area contributed by atoms with Gasteiger partial charge in [0.15, 0.2) is 11.0 Å². The minimum absolute atomic E-state index is 0.107. The number of unbranched alkanes of at least 4 members (excludes halogenated alkanes) is 1. The van der Waals surface area contributed by atoms with Gasteiger partial charge >= 0.3 is 0 Å². The molecule has 1 aliphatic carbocycles. The molecule has 0 radical (unpaired) electrons. The van der Waals surface area contributed by atoms with E-state index >= 15 is 0 Å². The van der Waals surface area contributed by atoms with E-state index in [1.807, 2.05) is 18.2 Å². The lowest BCUT2D eigenvalue weighted by Gasteiger charge is -2.17. The lowest BCUT2D eigenvalue weighted by Crippen LogP contribution is -2.22. The van der Waals surface area contributed by atoms with Crippen LogP contribution in [-0.2, 0) is 19.3 Å². The molecule has 0 saturated heterocycles. The smallest absolute Gasteiger partial charge is 0.189 e. The third-order valence-electron chi connectivity index (χ3n) is 5.33. The first-order valence-corrected chi connectivity index (χ1v) is 11.7. The molecule has 0 fully saturated rings. The van der Waals surface area contributed by atoms with Crippen LogP contribution in [-0.4, -0.2) is 46.5 Å². The summed E-state index contributed by atoms with van der Waals surface area (Å²) in [6, 6.07) is 0. The van der Waals surface area contributed by atoms with Crippen LogP contribution in [0, 0.1) is 0 Å². The fourth-order valence-electron chi connectivity index (χ4n) is 3.97. The van der Waals surface area contributed by atoms with Crippen LogP contribution in [0.2, 0.25) is 0 Å². The summed E-state index contributed by atoms with van der Waals surface area (Å²) >= 11 is 3.27. The van der Waals surface area contributed by atoms with E-state index in [9.17, 15) is 5.11 Å². The zero-order chi connectivity index (χ0) is 19.0. The van der Waals surface area contributed by atoms with Crippen LogP contribution in [0.5, 0.6) is 0 Å². The molecular weight excluding hydrogens is 376 g/mol. The first kappa shape index (κ1) is 18.9. The van der Waals surface area contributed by atoms with Crippen molar-refractivity contribution in [2.75, 3.05) is 31.4 Å². The summed E-state index contributed by atoms with van der Waals surface area (Å²) in [5.74, 6) is 0.906. The van der Waals surface area contributed by atoms with Gasteiger partial charge in [-0.3, -0.25) is 0 Å². The lowest BCUT2D eigenvalue weighted by atomic mass is 10.0. The highest BCUT2D eigenvalue weighted by Gasteiger charge is 2.25. The number of hydrogen-bond donors (Lipinski definition) is 1. The summed E-state index contributed by atoms with van der Waals surface area (Å²) in [6.07, 6.45) is 8.95. The maximum Gasteiger partial charge on any atom is 0.189 e. The third kappa shape index (κ3) is 3.30. The Morgan fingerprint density at radius 1 is 1.19 bits per heavy atom. The van der Waals surface area contributed by atoms with E-state index in [-0.39, 0.29) is 6.61 Å². The van der Waals surface area contributed by atoms with Gasteiger partial charge in [-0.15, -0.1) is 11.3 Å². The first-order chi connectivity index (χ1) is 13.2. The van der Waals surface area contributed by atoms with E-state index in [1.165, 1.54) is 41.5 Å². The highest BCUT2D eigenvalue weighted by Crippen LogP contribution is 2.42. The van der Waals surface area contributed by atoms with E-state index in [0.717, 1.165) is 45.3 Å². The van der Waals surface area contributed by atoms with Crippen LogP contribution < -0.4 is 4.90 Å². The second-order valence-corrected chi connectivity index (χ2v) is 8.88. The molecule has 0 unspecified atom stereocenters. The van der Waals surface area contributed by atoms with E-state index in [1.54, 1.807) is 23.1 Å². The van der Waals surface area contributed by atoms with Crippen LogP contribution in [0.15, 0.2) is 5.16 Å². The van der Waals surface area contributed by atoms with Crippen LogP contribution in [0.1, 0.15) is 43.0 Å². The number of anilines is 1. The van der Waals surface area contributed by atoms with Crippen LogP contribution in [0.4, 0.5) is 5.82 Å². The van der Waals surface area contributed by atoms with Gasteiger partial charge < -0.3 is 10.0 Å². The van der Waals surface area contributed by atoms with Crippen molar-refractivity contribution in [1.29, 1.82) is 0 Å². The predicted molar refractivity (Wildman–Crippen MR) is 115 cm³/mol. The molecule has 3 heterocycles. The molecule has 3 aromatic heterocycles. The number of aromatic nitrogens is 3. The van der Waals surface area contributed by atoms with Gasteiger partial charge in [-0.1, -0.05) is 25.1 Å². The molecule has 0 saturated carbocycles. The minimum atomic E-state index is 0.107. The summed E-state index contributed by atoms with van der Waals surface area (Å²) in [5, 5.41) is 11.4. The Kier molecular flexibility index (Phi) is 5.53. The molecule has 0 spiro atoms. The Hall–Kier alpha value is -1.44. The van der Waals surface area contributed by atoms with Crippen LogP contribution >= 0.6 is 23.1 Å². The quantitative estimate of drug-likeness (QED) is 0.472. The van der Waals surface area contributed by atoms with E-state index in [0.29, 0.717) is 6.54 Å². The number of thiophene rings is 1. The van der Waals surface area contributed by atoms with Crippen molar-refractivity contribution in [3.8, 4) is 0 Å². The van der Waals surface area contributed by atoms with Gasteiger partial charge in [0, 0.05) is 24.7 Å². The molecule has 1 N–H and O–H groups in total. The second-order valence-electron chi connectivity index (χ2n) is 7.11. The average Bonchev–Trinajstić information content (AvgIpc) is 3.29. The molecule has 5 nitrogen and oxygen atoms in total. The number of thioether (sulfide) groups is 1. The molecule has 27 heavy (non-hydrogen) atoms. The molecule has 4 rings (SSSR count). The number of likely N-dealkylation sites (N-methyl/N-ethyl adjacent to an activating group) is 1. The van der Waals surface area contributed by atoms with E-state index < -0.39 is 0 Å². The van der Waals surface area contributed by atoms with E-state index in [4.69, 9.17) is 15.0 Å². The zero-order valence-electron chi connectivity index (χ0n) is 16.2. The fraction of sp³-hybridized carbons (Fsp3) is 0.550. The van der Waals surface area contributed by atoms with Crippen molar-refractivity contribution in [2.45, 2.75) is 50.6 Å². The SMILES string of the molecule is CCCCc1nc2sc3c(N(C)CCO)nc(SC)nc3c2c2c1CCC2. The molecular formula is C20H26N4OS2. The van der Waals surface area contributed by atoms with Crippen molar-refractivity contribution in [3.05, 3.63) is 16.8 Å². The Bertz CT molecular complexity index is 985. The zero-order valence-corrected chi connectivity index (χ0v) is 17.8. The van der Waals surface area contributed by atoms with Gasteiger partial charge in [-0.25, -0.2) is 15.0 Å². The monoisotopic (exact) mass is 402 g/mol. The lowest BCUT2D eigenvalue weighted by molar-refractivity contribution is 0.304. The predicted octanol–water partition coefficient (Wildman–Crippen LogP) is 4.22. The molecule has 0 atom stereocenters. The number of hydrogen-bond acceptors (Lipinski definition) is 7. The van der Waals surface area contributed by atoms with Gasteiger partial charge in [-0.05, 0) is 49.5 Å². The summed E-state index contributed by atoms with van der Waals surface area (Å²) < 4.78 is 1.09. The standard InChI is InChI=1S/C20H26N4OS2/c1-4-5-9-14-12-7-6-8-13(12)15-16-17(27-19(15)21-14)18(24(2)10-11-25)23-20(22-16)26-3/h25H,4-11H2,1-3H3. The van der Waals surface area contributed by atoms with Gasteiger partial charge in [0.1, 0.15) is 4.83 Å². The molecule has 0 aromatic carbocycles. The number of aliphatic hydroxyl groups excluding tert-OH is 1. The Morgan fingerprint density at radius 2 is 2.00 bits per heavy atom. The van der Waals surface area contributed by atoms with E-state index in [2.05, 4.69) is 6.92 Å². The highest BCUT2D eigenvalue weighted by molar-refractivity contribution is 7.98. The topological polar surface area (TPSA) is 62.1 Å². The molecule has 3 aromatic rings. The van der Waals surface area contributed by atoms with Crippen molar-refractivity contribution in [1.82, 2.24) is 15.0 Å². The van der Waals surface area contributed by atoms with Crippen LogP contribution in [0.3, 0.4) is 0 Å². The summed E-state index contributed by atoms with van der Waals surface area (Å²) in [6.45, 7) is 2.90. The average molecular weight is 403 g/mol. The van der Waals surface area contributed by atoms with Gasteiger partial charge in [0.2, 0.25) is 0 Å². The summed E-state index contributed by atoms with van der Waals surface area (Å²) in [7, 11) is 1.98. The second kappa shape index (κ2) is 7.89. The maximum atomic E-state index is 9.38. The van der Waals surface area contributed by atoms with Gasteiger partial charge in [-0.2, -0.15) is 0 Å². The molecule has 7 heteroatoms. The minimum Gasteiger partial charge on any atom is -0.395 e. The fourth-order valence-corrected chi connectivity index (χ4v) is 5.54. The normalized spacial score (nSPS) is 13.6. The number of aryl methyl sites for hydroxylation is 2. The Balaban J connectivity index is 1.99. The number of rotatable bonds is 7. The maximum absolute atomic E-state index is 9.38. The Labute approximate surface area is 168 Å². The first-order valence-electron chi connectivity index (χ1n) is 9.68. The molecule has 0 amide bonds. The summed E-state index contributed by atoms with van der Waals surface area (Å²) in [4.78, 5) is 17.9. The molecule has 1 aliphatic rings. The number of fused-ring (bicyclic) bond motifs is 5. The van der Waals surface area contributed by atoms with Gasteiger partial charge in [0.25, 0.3) is 0 Å². The number of pyridine rings is 1. The molecule has 0 bridgehead atoms. The van der Waals surface area contributed by atoms with Gasteiger partial charge in [0.05, 0.1) is 16.8 Å². The van der Waals surface area contributed by atoms with Crippen molar-refractivity contribution >= 4 is 49.3 Å². The Morgan fingerprint density at radius 3 is 2.74 bits per heavy atom. The number of aliphatic hydroxyl groups is 1. The summed E-state index contributed by atoms with van der Waals surface area (Å²) in [5.41, 5.74) is 5.29. The third-order valence-corrected chi connectivity index (χ3v) is 6.94. The highest BCUT2D eigenvalue weighted by atomic mass is 32.2. The van der Waals surface area contributed by atoms with Crippen molar-refractivity contribution in [2.24, 2.45) is 0 Å². The molecule has 144 valence electrons. The van der Waals surface area contributed by atoms with Crippen molar-refractivity contribution in [3.63, 3.8) is 0 Å². The molecule has 0 aliphatic heterocycles. The van der Waals surface area contributed by atoms with Crippen LogP contribution in [0.25, 0.3) is 20.4 Å². The number of nitrogens with zero attached hydrogens (tertiary/aromatic N) is 4. The largest absolute Gasteiger partial charge is 0.395 e. The van der Waals surface area contributed by atoms with Crippen molar-refractivity contribution < 1.29 is 5.11 Å².